The van der Waals surface area contributed by atoms with Gasteiger partial charge >= 0.3 is 0 Å². The van der Waals surface area contributed by atoms with E-state index in [4.69, 9.17) is 0 Å². The Morgan fingerprint density at radius 2 is 1.96 bits per heavy atom. The van der Waals surface area contributed by atoms with Crippen LogP contribution in [0.1, 0.15) is 65.7 Å². The van der Waals surface area contributed by atoms with Crippen LogP contribution in [0.4, 0.5) is 0 Å². The van der Waals surface area contributed by atoms with Crippen molar-refractivity contribution in [2.75, 3.05) is 0 Å². The Bertz CT molecular complexity index is 582. The van der Waals surface area contributed by atoms with Crippen molar-refractivity contribution in [3.63, 3.8) is 0 Å². The number of allylic oxidation sites excluding steroid dienone is 1. The molecule has 0 aliphatic heterocycles. The summed E-state index contributed by atoms with van der Waals surface area (Å²) in [5.41, 5.74) is 1.39. The Morgan fingerprint density at radius 3 is 2.67 bits per heavy atom. The van der Waals surface area contributed by atoms with Gasteiger partial charge in [0.1, 0.15) is 5.78 Å². The molecule has 24 heavy (non-hydrogen) atoms. The molecule has 0 aromatic heterocycles. The van der Waals surface area contributed by atoms with E-state index in [1.165, 1.54) is 5.57 Å². The lowest BCUT2D eigenvalue weighted by Crippen LogP contribution is -2.56. The lowest BCUT2D eigenvalue weighted by Gasteiger charge is -2.59. The Kier molecular flexibility index (Phi) is 3.78. The molecule has 4 aliphatic carbocycles. The monoisotopic (exact) mass is 332 g/mol. The smallest absolute Gasteiger partial charge is 0.133 e. The van der Waals surface area contributed by atoms with Crippen LogP contribution < -0.4 is 0 Å². The van der Waals surface area contributed by atoms with Crippen molar-refractivity contribution in [2.24, 2.45) is 34.5 Å². The van der Waals surface area contributed by atoms with Crippen LogP contribution in [0.15, 0.2) is 11.6 Å². The molecule has 3 fully saturated rings. The van der Waals surface area contributed by atoms with Crippen molar-refractivity contribution in [1.82, 2.24) is 0 Å². The van der Waals surface area contributed by atoms with Crippen LogP contribution in [-0.2, 0) is 4.79 Å². The maximum Gasteiger partial charge on any atom is 0.133 e. The second-order valence-electron chi connectivity index (χ2n) is 9.59. The normalized spacial score (nSPS) is 53.6. The summed E-state index contributed by atoms with van der Waals surface area (Å²) in [6, 6.07) is 0. The molecule has 8 atom stereocenters. The minimum Gasteiger partial charge on any atom is -0.393 e. The number of carbonyl (C=O) groups excluding carboxylic acids is 1. The minimum atomic E-state index is -0.319. The number of rotatable bonds is 1. The SMILES string of the molecule is CC(=O)C1CCC2C3CC=C4CC(O)CC[C@]4(C)C3C(O)CC12C. The number of carbonyl (C=O) groups is 1. The lowest BCUT2D eigenvalue weighted by atomic mass is 9.46. The Balaban J connectivity index is 1.71. The molecule has 134 valence electrons. The number of fused-ring (bicyclic) bond motifs is 5. The summed E-state index contributed by atoms with van der Waals surface area (Å²) in [5.74, 6) is 1.79. The van der Waals surface area contributed by atoms with Crippen LogP contribution in [0, 0.1) is 34.5 Å². The molecule has 3 saturated carbocycles. The predicted octanol–water partition coefficient (Wildman–Crippen LogP) is 3.49. The average Bonchev–Trinajstić information content (AvgIpc) is 2.84. The second kappa shape index (κ2) is 5.41. The van der Waals surface area contributed by atoms with Crippen LogP contribution in [0.3, 0.4) is 0 Å². The van der Waals surface area contributed by atoms with Crippen molar-refractivity contribution in [2.45, 2.75) is 77.9 Å². The molecule has 0 amide bonds. The Labute approximate surface area is 145 Å². The van der Waals surface area contributed by atoms with Crippen molar-refractivity contribution in [1.29, 1.82) is 0 Å². The van der Waals surface area contributed by atoms with E-state index in [1.807, 2.05) is 0 Å². The predicted molar refractivity (Wildman–Crippen MR) is 93.3 cm³/mol. The molecule has 7 unspecified atom stereocenters. The van der Waals surface area contributed by atoms with E-state index >= 15 is 0 Å². The van der Waals surface area contributed by atoms with E-state index in [0.717, 1.165) is 44.9 Å². The molecule has 0 aromatic rings. The fourth-order valence-corrected chi connectivity index (χ4v) is 7.44. The molecule has 3 heteroatoms. The first kappa shape index (κ1) is 16.8. The standard InChI is InChI=1S/C21H32O3/c1-12(22)16-6-7-17-15-5-4-13-10-14(23)8-9-20(13,2)19(15)18(24)11-21(16,17)3/h4,14-19,23-24H,5-11H2,1-3H3/t14?,15?,16?,17?,18?,19?,20-,21?/m0/s1. The Hall–Kier alpha value is -0.670. The summed E-state index contributed by atoms with van der Waals surface area (Å²) in [5, 5.41) is 21.3. The lowest BCUT2D eigenvalue weighted by molar-refractivity contribution is -0.140. The number of aliphatic hydroxyl groups excluding tert-OH is 2. The number of Topliss-reactive ketones (excluding diaryl/α,β-unsaturated/α-hetero) is 1. The van der Waals surface area contributed by atoms with E-state index in [9.17, 15) is 15.0 Å². The molecule has 0 spiro atoms. The molecular formula is C21H32O3. The van der Waals surface area contributed by atoms with Gasteiger partial charge in [0.2, 0.25) is 0 Å². The molecule has 4 aliphatic rings. The highest BCUT2D eigenvalue weighted by Gasteiger charge is 2.62. The van der Waals surface area contributed by atoms with Gasteiger partial charge in [-0.3, -0.25) is 4.79 Å². The van der Waals surface area contributed by atoms with Gasteiger partial charge in [0.15, 0.2) is 0 Å². The second-order valence-corrected chi connectivity index (χ2v) is 9.59. The summed E-state index contributed by atoms with van der Waals surface area (Å²) in [4.78, 5) is 12.2. The Morgan fingerprint density at radius 1 is 1.21 bits per heavy atom. The number of ketones is 1. The largest absolute Gasteiger partial charge is 0.393 e. The first-order chi connectivity index (χ1) is 11.3. The van der Waals surface area contributed by atoms with E-state index < -0.39 is 0 Å². The highest BCUT2D eigenvalue weighted by atomic mass is 16.3. The highest BCUT2D eigenvalue weighted by molar-refractivity contribution is 5.79. The van der Waals surface area contributed by atoms with E-state index in [1.54, 1.807) is 6.92 Å². The summed E-state index contributed by atoms with van der Waals surface area (Å²) in [7, 11) is 0. The molecular weight excluding hydrogens is 300 g/mol. The first-order valence-corrected chi connectivity index (χ1v) is 9.83. The van der Waals surface area contributed by atoms with Crippen molar-refractivity contribution in [3.05, 3.63) is 11.6 Å². The summed E-state index contributed by atoms with van der Waals surface area (Å²) < 4.78 is 0. The topological polar surface area (TPSA) is 57.5 Å². The van der Waals surface area contributed by atoms with Gasteiger partial charge < -0.3 is 10.2 Å². The van der Waals surface area contributed by atoms with Gasteiger partial charge in [-0.1, -0.05) is 25.5 Å². The maximum absolute atomic E-state index is 12.2. The third-order valence-corrected chi connectivity index (χ3v) is 8.50. The summed E-state index contributed by atoms with van der Waals surface area (Å²) in [6.45, 7) is 6.33. The zero-order valence-corrected chi connectivity index (χ0v) is 15.3. The van der Waals surface area contributed by atoms with Crippen LogP contribution in [0.2, 0.25) is 0 Å². The highest BCUT2D eigenvalue weighted by Crippen LogP contribution is 2.66. The van der Waals surface area contributed by atoms with Gasteiger partial charge in [0.05, 0.1) is 12.2 Å². The number of hydrogen-bond donors (Lipinski definition) is 2. The van der Waals surface area contributed by atoms with Gasteiger partial charge in [-0.15, -0.1) is 0 Å². The van der Waals surface area contributed by atoms with Crippen molar-refractivity contribution in [3.8, 4) is 0 Å². The zero-order chi connectivity index (χ0) is 17.3. The van der Waals surface area contributed by atoms with Crippen molar-refractivity contribution < 1.29 is 15.0 Å². The van der Waals surface area contributed by atoms with Crippen LogP contribution in [-0.4, -0.2) is 28.2 Å². The fourth-order valence-electron chi connectivity index (χ4n) is 7.44. The third-order valence-electron chi connectivity index (χ3n) is 8.50. The molecule has 0 bridgehead atoms. The molecule has 2 N–H and O–H groups in total. The van der Waals surface area contributed by atoms with Crippen LogP contribution in [0.25, 0.3) is 0 Å². The van der Waals surface area contributed by atoms with Gasteiger partial charge in [-0.05, 0) is 80.5 Å². The molecule has 3 nitrogen and oxygen atoms in total. The average molecular weight is 332 g/mol. The summed E-state index contributed by atoms with van der Waals surface area (Å²) in [6.07, 6.45) is 8.39. The number of hydrogen-bond acceptors (Lipinski definition) is 3. The van der Waals surface area contributed by atoms with Gasteiger partial charge in [0.25, 0.3) is 0 Å². The molecule has 4 rings (SSSR count). The van der Waals surface area contributed by atoms with Crippen LogP contribution in [0.5, 0.6) is 0 Å². The van der Waals surface area contributed by atoms with E-state index in [0.29, 0.717) is 23.5 Å². The number of aliphatic hydroxyl groups is 2. The molecule has 0 heterocycles. The zero-order valence-electron chi connectivity index (χ0n) is 15.3. The molecule has 0 radical (unpaired) electrons. The fraction of sp³-hybridized carbons (Fsp3) is 0.857. The van der Waals surface area contributed by atoms with Crippen molar-refractivity contribution >= 4 is 5.78 Å². The van der Waals surface area contributed by atoms with Crippen LogP contribution >= 0.6 is 0 Å². The minimum absolute atomic E-state index is 0.0255. The van der Waals surface area contributed by atoms with E-state index in [-0.39, 0.29) is 29.0 Å². The molecule has 0 saturated heterocycles. The quantitative estimate of drug-likeness (QED) is 0.723. The first-order valence-electron chi connectivity index (χ1n) is 9.83. The summed E-state index contributed by atoms with van der Waals surface area (Å²) >= 11 is 0. The van der Waals surface area contributed by atoms with E-state index in [2.05, 4.69) is 19.9 Å². The third kappa shape index (κ3) is 2.13. The van der Waals surface area contributed by atoms with Gasteiger partial charge in [-0.2, -0.15) is 0 Å². The van der Waals surface area contributed by atoms with Gasteiger partial charge in [-0.25, -0.2) is 0 Å². The van der Waals surface area contributed by atoms with Gasteiger partial charge in [0, 0.05) is 5.92 Å². The molecule has 0 aromatic carbocycles. The maximum atomic E-state index is 12.2.